The van der Waals surface area contributed by atoms with E-state index in [0.717, 1.165) is 48.4 Å². The van der Waals surface area contributed by atoms with Crippen molar-refractivity contribution in [3.63, 3.8) is 0 Å². The fourth-order valence-corrected chi connectivity index (χ4v) is 3.71. The Labute approximate surface area is 181 Å². The molecule has 0 heterocycles. The van der Waals surface area contributed by atoms with E-state index in [4.69, 9.17) is 0 Å². The molecule has 5 nitrogen and oxygen atoms in total. The van der Waals surface area contributed by atoms with Crippen molar-refractivity contribution in [2.75, 3.05) is 45.1 Å². The monoisotopic (exact) mass is 411 g/mol. The molecule has 2 N–H and O–H groups in total. The number of para-hydroxylation sites is 1. The Morgan fingerprint density at radius 2 is 1.70 bits per heavy atom. The summed E-state index contributed by atoms with van der Waals surface area (Å²) < 4.78 is 0. The third-order valence-corrected chi connectivity index (χ3v) is 5.41. The van der Waals surface area contributed by atoms with Crippen LogP contribution in [0.25, 0.3) is 0 Å². The number of nitrogens with zero attached hydrogens (tertiary/aromatic N) is 2. The lowest BCUT2D eigenvalue weighted by Gasteiger charge is -2.24. The van der Waals surface area contributed by atoms with Gasteiger partial charge in [-0.15, -0.1) is 0 Å². The molecule has 30 heavy (non-hydrogen) atoms. The molecule has 0 aliphatic carbocycles. The highest BCUT2D eigenvalue weighted by molar-refractivity contribution is 5.93. The molecule has 0 radical (unpaired) electrons. The van der Waals surface area contributed by atoms with Gasteiger partial charge in [-0.1, -0.05) is 55.5 Å². The highest BCUT2D eigenvalue weighted by Gasteiger charge is 2.13. The van der Waals surface area contributed by atoms with Crippen molar-refractivity contribution in [2.45, 2.75) is 39.7 Å². The number of likely N-dealkylation sites (N-methyl/N-ethyl adjacent to an activating group) is 2. The number of rotatable bonds is 12. The van der Waals surface area contributed by atoms with Crippen molar-refractivity contribution in [1.29, 1.82) is 0 Å². The van der Waals surface area contributed by atoms with Crippen molar-refractivity contribution < 1.29 is 9.90 Å². The minimum atomic E-state index is -0.372. The molecule has 1 atom stereocenters. The Kier molecular flexibility index (Phi) is 10.0. The zero-order valence-corrected chi connectivity index (χ0v) is 18.9. The molecule has 2 aromatic carbocycles. The molecule has 0 spiro atoms. The van der Waals surface area contributed by atoms with Gasteiger partial charge in [-0.2, -0.15) is 0 Å². The van der Waals surface area contributed by atoms with Crippen LogP contribution in [0.3, 0.4) is 0 Å². The number of nitrogens with one attached hydrogen (secondary N) is 1. The SMILES string of the molecule is CCN(CCCN(C)CC(O)Cc1ccccc1)CC(=O)Nc1c(C)cccc1C. The molecule has 0 aliphatic rings. The lowest BCUT2D eigenvalue weighted by molar-refractivity contribution is -0.117. The zero-order valence-electron chi connectivity index (χ0n) is 18.9. The maximum atomic E-state index is 12.5. The van der Waals surface area contributed by atoms with Gasteiger partial charge in [0.25, 0.3) is 0 Å². The van der Waals surface area contributed by atoms with Crippen LogP contribution in [-0.2, 0) is 11.2 Å². The first-order valence-corrected chi connectivity index (χ1v) is 10.9. The van der Waals surface area contributed by atoms with Crippen LogP contribution in [0.2, 0.25) is 0 Å². The molecule has 0 saturated heterocycles. The van der Waals surface area contributed by atoms with E-state index in [1.165, 1.54) is 0 Å². The minimum absolute atomic E-state index is 0.0286. The fourth-order valence-electron chi connectivity index (χ4n) is 3.71. The van der Waals surface area contributed by atoms with Crippen LogP contribution < -0.4 is 5.32 Å². The number of benzene rings is 2. The number of anilines is 1. The van der Waals surface area contributed by atoms with Crippen molar-refractivity contribution >= 4 is 11.6 Å². The Morgan fingerprint density at radius 1 is 1.03 bits per heavy atom. The number of hydrogen-bond donors (Lipinski definition) is 2. The number of aryl methyl sites for hydroxylation is 2. The van der Waals surface area contributed by atoms with Gasteiger partial charge in [-0.3, -0.25) is 9.69 Å². The summed E-state index contributed by atoms with van der Waals surface area (Å²) in [7, 11) is 2.04. The Balaban J connectivity index is 1.71. The largest absolute Gasteiger partial charge is 0.391 e. The molecular weight excluding hydrogens is 374 g/mol. The van der Waals surface area contributed by atoms with Gasteiger partial charge < -0.3 is 15.3 Å². The summed E-state index contributed by atoms with van der Waals surface area (Å²) in [6, 6.07) is 16.1. The number of aliphatic hydroxyl groups is 1. The molecule has 5 heteroatoms. The molecule has 2 aromatic rings. The van der Waals surface area contributed by atoms with E-state index in [-0.39, 0.29) is 12.0 Å². The first-order valence-electron chi connectivity index (χ1n) is 10.9. The van der Waals surface area contributed by atoms with Gasteiger partial charge in [-0.25, -0.2) is 0 Å². The standard InChI is InChI=1S/C25H37N3O2/c1-5-28(19-24(30)26-25-20(2)11-9-12-21(25)3)16-10-15-27(4)18-23(29)17-22-13-7-6-8-14-22/h6-9,11-14,23,29H,5,10,15-19H2,1-4H3,(H,26,30). The van der Waals surface area contributed by atoms with E-state index in [2.05, 4.69) is 22.0 Å². The van der Waals surface area contributed by atoms with Gasteiger partial charge in [-0.05, 0) is 70.1 Å². The van der Waals surface area contributed by atoms with Crippen LogP contribution in [0, 0.1) is 13.8 Å². The van der Waals surface area contributed by atoms with E-state index < -0.39 is 0 Å². The van der Waals surface area contributed by atoms with Crippen LogP contribution in [0.15, 0.2) is 48.5 Å². The molecule has 1 amide bonds. The maximum absolute atomic E-state index is 12.5. The van der Waals surface area contributed by atoms with Crippen molar-refractivity contribution in [2.24, 2.45) is 0 Å². The summed E-state index contributed by atoms with van der Waals surface area (Å²) in [5, 5.41) is 13.4. The van der Waals surface area contributed by atoms with E-state index in [0.29, 0.717) is 19.5 Å². The summed E-state index contributed by atoms with van der Waals surface area (Å²) >= 11 is 0. The molecule has 0 fully saturated rings. The van der Waals surface area contributed by atoms with Crippen molar-refractivity contribution in [1.82, 2.24) is 9.80 Å². The average Bonchev–Trinajstić information content (AvgIpc) is 2.70. The maximum Gasteiger partial charge on any atom is 0.238 e. The van der Waals surface area contributed by atoms with Crippen LogP contribution in [0.5, 0.6) is 0 Å². The molecular formula is C25H37N3O2. The molecule has 0 aromatic heterocycles. The normalized spacial score (nSPS) is 12.4. The zero-order chi connectivity index (χ0) is 21.9. The lowest BCUT2D eigenvalue weighted by Crippen LogP contribution is -2.36. The first kappa shape index (κ1) is 24.1. The summed E-state index contributed by atoms with van der Waals surface area (Å²) in [6.45, 7) is 9.74. The smallest absolute Gasteiger partial charge is 0.238 e. The summed E-state index contributed by atoms with van der Waals surface area (Å²) in [5.41, 5.74) is 4.25. The second-order valence-corrected chi connectivity index (χ2v) is 8.14. The third kappa shape index (κ3) is 8.27. The number of carbonyl (C=O) groups is 1. The number of hydrogen-bond acceptors (Lipinski definition) is 4. The summed E-state index contributed by atoms with van der Waals surface area (Å²) in [5.74, 6) is 0.0286. The van der Waals surface area contributed by atoms with Crippen LogP contribution in [0.1, 0.15) is 30.0 Å². The van der Waals surface area contributed by atoms with Crippen LogP contribution in [0.4, 0.5) is 5.69 Å². The van der Waals surface area contributed by atoms with E-state index >= 15 is 0 Å². The number of carbonyl (C=O) groups excluding carboxylic acids is 1. The van der Waals surface area contributed by atoms with Gasteiger partial charge in [0.2, 0.25) is 5.91 Å². The quantitative estimate of drug-likeness (QED) is 0.561. The number of aliphatic hydroxyl groups excluding tert-OH is 1. The topological polar surface area (TPSA) is 55.8 Å². The van der Waals surface area contributed by atoms with Gasteiger partial charge in [0.1, 0.15) is 0 Å². The molecule has 2 rings (SSSR count). The van der Waals surface area contributed by atoms with Crippen LogP contribution >= 0.6 is 0 Å². The van der Waals surface area contributed by atoms with E-state index in [9.17, 15) is 9.90 Å². The van der Waals surface area contributed by atoms with Gasteiger partial charge in [0, 0.05) is 12.2 Å². The molecule has 0 bridgehead atoms. The predicted molar refractivity (Wildman–Crippen MR) is 125 cm³/mol. The Hall–Kier alpha value is -2.21. The van der Waals surface area contributed by atoms with Gasteiger partial charge >= 0.3 is 0 Å². The van der Waals surface area contributed by atoms with E-state index in [1.807, 2.05) is 69.4 Å². The van der Waals surface area contributed by atoms with E-state index in [1.54, 1.807) is 0 Å². The van der Waals surface area contributed by atoms with Crippen molar-refractivity contribution in [3.05, 3.63) is 65.2 Å². The molecule has 164 valence electrons. The Morgan fingerprint density at radius 3 is 2.33 bits per heavy atom. The second kappa shape index (κ2) is 12.5. The molecule has 0 saturated carbocycles. The summed E-state index contributed by atoms with van der Waals surface area (Å²) in [4.78, 5) is 16.8. The lowest BCUT2D eigenvalue weighted by atomic mass is 10.1. The van der Waals surface area contributed by atoms with Crippen molar-refractivity contribution in [3.8, 4) is 0 Å². The third-order valence-electron chi connectivity index (χ3n) is 5.41. The highest BCUT2D eigenvalue weighted by Crippen LogP contribution is 2.19. The van der Waals surface area contributed by atoms with Gasteiger partial charge in [0.15, 0.2) is 0 Å². The highest BCUT2D eigenvalue weighted by atomic mass is 16.3. The fraction of sp³-hybridized carbons (Fsp3) is 0.480. The summed E-state index contributed by atoms with van der Waals surface area (Å²) in [6.07, 6.45) is 1.26. The molecule has 0 aliphatic heterocycles. The van der Waals surface area contributed by atoms with Crippen LogP contribution in [-0.4, -0.2) is 66.7 Å². The minimum Gasteiger partial charge on any atom is -0.391 e. The molecule has 1 unspecified atom stereocenters. The number of amides is 1. The van der Waals surface area contributed by atoms with Gasteiger partial charge in [0.05, 0.1) is 12.6 Å². The first-order chi connectivity index (χ1) is 14.4. The predicted octanol–water partition coefficient (Wildman–Crippen LogP) is 3.49. The second-order valence-electron chi connectivity index (χ2n) is 8.14. The average molecular weight is 412 g/mol. The Bertz CT molecular complexity index is 759.